The molecule has 0 bridgehead atoms. The van der Waals surface area contributed by atoms with Gasteiger partial charge in [0.05, 0.1) is 32.4 Å². The van der Waals surface area contributed by atoms with Crippen LogP contribution in [0.5, 0.6) is 11.5 Å². The Morgan fingerprint density at radius 2 is 2.00 bits per heavy atom. The van der Waals surface area contributed by atoms with Crippen LogP contribution in [-0.2, 0) is 14.8 Å². The molecule has 0 saturated carbocycles. The molecule has 1 aliphatic rings. The number of H-pyrrole nitrogens is 1. The van der Waals surface area contributed by atoms with Crippen LogP contribution in [0.1, 0.15) is 12.8 Å². The van der Waals surface area contributed by atoms with Crippen LogP contribution in [-0.4, -0.2) is 55.9 Å². The molecule has 0 unspecified atom stereocenters. The number of benzene rings is 1. The molecule has 146 valence electrons. The van der Waals surface area contributed by atoms with E-state index >= 15 is 0 Å². The van der Waals surface area contributed by atoms with Crippen LogP contribution in [0.3, 0.4) is 0 Å². The third kappa shape index (κ3) is 4.06. The zero-order valence-electron chi connectivity index (χ0n) is 15.1. The summed E-state index contributed by atoms with van der Waals surface area (Å²) in [5.74, 6) is 0.700. The molecular formula is C17H22N4O5S. The number of hydrogen-bond donors (Lipinski definition) is 2. The summed E-state index contributed by atoms with van der Waals surface area (Å²) in [5, 5.41) is 2.92. The molecule has 0 radical (unpaired) electrons. The minimum absolute atomic E-state index is 0.0633. The highest BCUT2D eigenvalue weighted by Crippen LogP contribution is 2.30. The Labute approximate surface area is 157 Å². The van der Waals surface area contributed by atoms with E-state index < -0.39 is 10.0 Å². The summed E-state index contributed by atoms with van der Waals surface area (Å²) >= 11 is 0. The lowest BCUT2D eigenvalue weighted by Crippen LogP contribution is -2.41. The topological polar surface area (TPSA) is 114 Å². The fourth-order valence-corrected chi connectivity index (χ4v) is 4.38. The summed E-state index contributed by atoms with van der Waals surface area (Å²) in [4.78, 5) is 19.0. The number of sulfonamides is 1. The van der Waals surface area contributed by atoms with E-state index in [2.05, 4.69) is 15.3 Å². The van der Waals surface area contributed by atoms with Gasteiger partial charge >= 0.3 is 0 Å². The Morgan fingerprint density at radius 3 is 2.59 bits per heavy atom. The Balaban J connectivity index is 1.62. The van der Waals surface area contributed by atoms with Crippen molar-refractivity contribution >= 4 is 21.6 Å². The Hall–Kier alpha value is -2.59. The van der Waals surface area contributed by atoms with Crippen molar-refractivity contribution in [3.63, 3.8) is 0 Å². The van der Waals surface area contributed by atoms with Gasteiger partial charge in [-0.1, -0.05) is 0 Å². The third-order valence-corrected chi connectivity index (χ3v) is 6.41. The maximum Gasteiger partial charge on any atom is 0.260 e. The number of methoxy groups -OCH3 is 2. The number of amides is 1. The molecular weight excluding hydrogens is 372 g/mol. The highest BCUT2D eigenvalue weighted by molar-refractivity contribution is 7.89. The Kier molecular flexibility index (Phi) is 5.66. The number of rotatable bonds is 6. The van der Waals surface area contributed by atoms with E-state index in [1.54, 1.807) is 25.3 Å². The molecule has 10 heteroatoms. The molecule has 2 aromatic rings. The van der Waals surface area contributed by atoms with Gasteiger partial charge in [-0.05, 0) is 25.0 Å². The zero-order valence-corrected chi connectivity index (χ0v) is 16.0. The van der Waals surface area contributed by atoms with Crippen LogP contribution >= 0.6 is 0 Å². The SMILES string of the molecule is COc1ccc(NC(=O)C2CCN(S(=O)(=O)c3cnc[nH]3)CC2)c(OC)c1. The first-order valence-corrected chi connectivity index (χ1v) is 9.91. The summed E-state index contributed by atoms with van der Waals surface area (Å²) in [6, 6.07) is 5.14. The van der Waals surface area contributed by atoms with E-state index in [0.717, 1.165) is 0 Å². The van der Waals surface area contributed by atoms with Gasteiger partial charge in [-0.25, -0.2) is 13.4 Å². The van der Waals surface area contributed by atoms with Gasteiger partial charge in [-0.15, -0.1) is 0 Å². The van der Waals surface area contributed by atoms with Crippen molar-refractivity contribution in [3.05, 3.63) is 30.7 Å². The predicted molar refractivity (Wildman–Crippen MR) is 98.2 cm³/mol. The molecule has 1 saturated heterocycles. The van der Waals surface area contributed by atoms with E-state index in [0.29, 0.717) is 30.0 Å². The monoisotopic (exact) mass is 394 g/mol. The maximum atomic E-state index is 12.6. The fraction of sp³-hybridized carbons (Fsp3) is 0.412. The lowest BCUT2D eigenvalue weighted by molar-refractivity contribution is -0.120. The summed E-state index contributed by atoms with van der Waals surface area (Å²) in [7, 11) is -0.525. The van der Waals surface area contributed by atoms with Crippen molar-refractivity contribution in [1.29, 1.82) is 0 Å². The van der Waals surface area contributed by atoms with Gasteiger partial charge in [0, 0.05) is 25.1 Å². The van der Waals surface area contributed by atoms with Gasteiger partial charge in [-0.3, -0.25) is 4.79 Å². The van der Waals surface area contributed by atoms with Crippen molar-refractivity contribution in [3.8, 4) is 11.5 Å². The van der Waals surface area contributed by atoms with Crippen molar-refractivity contribution in [2.24, 2.45) is 5.92 Å². The molecule has 0 spiro atoms. The lowest BCUT2D eigenvalue weighted by atomic mass is 9.97. The normalized spacial score (nSPS) is 16.1. The van der Waals surface area contributed by atoms with E-state index in [-0.39, 0.29) is 29.9 Å². The van der Waals surface area contributed by atoms with Crippen LogP contribution in [0, 0.1) is 5.92 Å². The molecule has 1 amide bonds. The number of aromatic amines is 1. The van der Waals surface area contributed by atoms with Gasteiger partial charge in [0.25, 0.3) is 10.0 Å². The summed E-state index contributed by atoms with van der Waals surface area (Å²) in [5.41, 5.74) is 0.552. The largest absolute Gasteiger partial charge is 0.497 e. The van der Waals surface area contributed by atoms with E-state index in [4.69, 9.17) is 9.47 Å². The Bertz CT molecular complexity index is 890. The number of carbonyl (C=O) groups excluding carboxylic acids is 1. The van der Waals surface area contributed by atoms with Crippen molar-refractivity contribution < 1.29 is 22.7 Å². The minimum Gasteiger partial charge on any atom is -0.497 e. The molecule has 9 nitrogen and oxygen atoms in total. The maximum absolute atomic E-state index is 12.6. The third-order valence-electron chi connectivity index (χ3n) is 4.58. The molecule has 1 aliphatic heterocycles. The first kappa shape index (κ1) is 19.2. The number of carbonyl (C=O) groups is 1. The van der Waals surface area contributed by atoms with E-state index in [9.17, 15) is 13.2 Å². The summed E-state index contributed by atoms with van der Waals surface area (Å²) < 4.78 is 36.8. The number of aromatic nitrogens is 2. The first-order chi connectivity index (χ1) is 13.0. The number of nitrogens with one attached hydrogen (secondary N) is 2. The van der Waals surface area contributed by atoms with Crippen LogP contribution in [0.15, 0.2) is 35.7 Å². The lowest BCUT2D eigenvalue weighted by Gasteiger charge is -2.30. The highest BCUT2D eigenvalue weighted by Gasteiger charge is 2.33. The second kappa shape index (κ2) is 7.97. The van der Waals surface area contributed by atoms with Crippen molar-refractivity contribution in [2.45, 2.75) is 17.9 Å². The zero-order chi connectivity index (χ0) is 19.4. The predicted octanol–water partition coefficient (Wildman–Crippen LogP) is 1.47. The van der Waals surface area contributed by atoms with Gasteiger partial charge in [0.2, 0.25) is 5.91 Å². The van der Waals surface area contributed by atoms with Crippen molar-refractivity contribution in [1.82, 2.24) is 14.3 Å². The molecule has 1 aromatic heterocycles. The highest BCUT2D eigenvalue weighted by atomic mass is 32.2. The quantitative estimate of drug-likeness (QED) is 0.767. The molecule has 1 aromatic carbocycles. The smallest absolute Gasteiger partial charge is 0.260 e. The summed E-state index contributed by atoms with van der Waals surface area (Å²) in [6.45, 7) is 0.554. The second-order valence-corrected chi connectivity index (χ2v) is 8.06. The number of anilines is 1. The number of hydrogen-bond acceptors (Lipinski definition) is 6. The Morgan fingerprint density at radius 1 is 1.26 bits per heavy atom. The average molecular weight is 394 g/mol. The van der Waals surface area contributed by atoms with E-state index in [1.807, 2.05) is 0 Å². The van der Waals surface area contributed by atoms with E-state index in [1.165, 1.54) is 23.9 Å². The second-order valence-electron chi connectivity index (χ2n) is 6.15. The van der Waals surface area contributed by atoms with Gasteiger partial charge in [0.1, 0.15) is 11.5 Å². The molecule has 1 fully saturated rings. The molecule has 2 heterocycles. The fourth-order valence-electron chi connectivity index (χ4n) is 3.02. The van der Waals surface area contributed by atoms with Crippen LogP contribution < -0.4 is 14.8 Å². The first-order valence-electron chi connectivity index (χ1n) is 8.47. The minimum atomic E-state index is -3.60. The van der Waals surface area contributed by atoms with Gasteiger partial charge in [-0.2, -0.15) is 4.31 Å². The molecule has 0 atom stereocenters. The van der Waals surface area contributed by atoms with Gasteiger partial charge < -0.3 is 19.8 Å². The van der Waals surface area contributed by atoms with Crippen LogP contribution in [0.2, 0.25) is 0 Å². The molecule has 0 aliphatic carbocycles. The summed E-state index contributed by atoms with van der Waals surface area (Å²) in [6.07, 6.45) is 3.49. The molecule has 2 N–H and O–H groups in total. The standard InChI is InChI=1S/C17H22N4O5S/c1-25-13-3-4-14(15(9-13)26-2)20-17(22)12-5-7-21(8-6-12)27(23,24)16-10-18-11-19-16/h3-4,9-12H,5-8H2,1-2H3,(H,18,19)(H,20,22). The van der Waals surface area contributed by atoms with Gasteiger partial charge in [0.15, 0.2) is 5.03 Å². The number of ether oxygens (including phenoxy) is 2. The molecule has 3 rings (SSSR count). The number of piperidine rings is 1. The van der Waals surface area contributed by atoms with Crippen LogP contribution in [0.25, 0.3) is 0 Å². The average Bonchev–Trinajstić information content (AvgIpc) is 3.24. The number of imidazole rings is 1. The van der Waals surface area contributed by atoms with Crippen molar-refractivity contribution in [2.75, 3.05) is 32.6 Å². The van der Waals surface area contributed by atoms with Crippen LogP contribution in [0.4, 0.5) is 5.69 Å². The number of nitrogens with zero attached hydrogens (tertiary/aromatic N) is 2. The molecule has 27 heavy (non-hydrogen) atoms.